The van der Waals surface area contributed by atoms with E-state index in [1.165, 1.54) is 29.6 Å². The Morgan fingerprint density at radius 2 is 2.13 bits per heavy atom. The molecular weight excluding hydrogens is 410 g/mol. The molecule has 0 bridgehead atoms. The summed E-state index contributed by atoms with van der Waals surface area (Å²) in [5.41, 5.74) is -0.110. The number of hydrogen-bond donors (Lipinski definition) is 1. The highest BCUT2D eigenvalue weighted by molar-refractivity contribution is 5.97. The normalized spacial score (nSPS) is 19.0. The fourth-order valence-corrected chi connectivity index (χ4v) is 3.58. The standard InChI is InChI=1S/C21H20F2N4O4/c1-11(2)5-17-20(28)25-16(19-8-24-10-30-19)9-27(17)21(29)15-7-18(31-26-15)13-4-3-12(22)6-14(13)23/h3-4,6-8,10-11,16-17H,5,9H2,1-2H3,(H,25,28). The highest BCUT2D eigenvalue weighted by atomic mass is 19.1. The first kappa shape index (κ1) is 20.7. The molecule has 2 amide bonds. The molecule has 1 fully saturated rings. The minimum atomic E-state index is -0.837. The predicted octanol–water partition coefficient (Wildman–Crippen LogP) is 3.34. The Morgan fingerprint density at radius 1 is 1.32 bits per heavy atom. The molecule has 162 valence electrons. The van der Waals surface area contributed by atoms with Crippen LogP contribution in [-0.2, 0) is 4.79 Å². The van der Waals surface area contributed by atoms with Crippen molar-refractivity contribution in [2.24, 2.45) is 5.92 Å². The number of amides is 2. The average molecular weight is 430 g/mol. The van der Waals surface area contributed by atoms with Crippen LogP contribution in [0, 0.1) is 17.6 Å². The Labute approximate surface area is 176 Å². The van der Waals surface area contributed by atoms with Crippen molar-refractivity contribution >= 4 is 11.8 Å². The maximum Gasteiger partial charge on any atom is 0.276 e. The van der Waals surface area contributed by atoms with Gasteiger partial charge in [0, 0.05) is 18.7 Å². The van der Waals surface area contributed by atoms with Crippen LogP contribution in [0.3, 0.4) is 0 Å². The molecule has 0 aliphatic carbocycles. The largest absolute Gasteiger partial charge is 0.446 e. The number of carbonyl (C=O) groups excluding carboxylic acids is 2. The molecule has 1 aliphatic rings. The number of hydrogen-bond acceptors (Lipinski definition) is 6. The van der Waals surface area contributed by atoms with Gasteiger partial charge in [-0.2, -0.15) is 0 Å². The molecule has 1 N–H and O–H groups in total. The molecule has 1 saturated heterocycles. The van der Waals surface area contributed by atoms with Crippen molar-refractivity contribution in [3.05, 3.63) is 59.9 Å². The number of carbonyl (C=O) groups is 2. The first-order valence-electron chi connectivity index (χ1n) is 9.75. The van der Waals surface area contributed by atoms with E-state index in [9.17, 15) is 18.4 Å². The quantitative estimate of drug-likeness (QED) is 0.666. The van der Waals surface area contributed by atoms with Gasteiger partial charge in [-0.05, 0) is 24.5 Å². The highest BCUT2D eigenvalue weighted by Gasteiger charge is 2.40. The van der Waals surface area contributed by atoms with E-state index in [1.807, 2.05) is 13.8 Å². The zero-order chi connectivity index (χ0) is 22.1. The molecule has 8 nitrogen and oxygen atoms in total. The first-order chi connectivity index (χ1) is 14.8. The zero-order valence-corrected chi connectivity index (χ0v) is 16.8. The molecule has 1 aliphatic heterocycles. The van der Waals surface area contributed by atoms with Gasteiger partial charge in [-0.3, -0.25) is 9.59 Å². The van der Waals surface area contributed by atoms with Crippen LogP contribution in [0.25, 0.3) is 11.3 Å². The van der Waals surface area contributed by atoms with Gasteiger partial charge in [-0.15, -0.1) is 0 Å². The second-order valence-corrected chi connectivity index (χ2v) is 7.77. The summed E-state index contributed by atoms with van der Waals surface area (Å²) < 4.78 is 37.7. The van der Waals surface area contributed by atoms with Gasteiger partial charge in [0.05, 0.1) is 11.8 Å². The maximum absolute atomic E-state index is 14.1. The third kappa shape index (κ3) is 4.18. The zero-order valence-electron chi connectivity index (χ0n) is 16.8. The Morgan fingerprint density at radius 3 is 2.81 bits per heavy atom. The van der Waals surface area contributed by atoms with Crippen LogP contribution in [0.2, 0.25) is 0 Å². The van der Waals surface area contributed by atoms with Crippen molar-refractivity contribution in [3.63, 3.8) is 0 Å². The number of oxazole rings is 1. The van der Waals surface area contributed by atoms with E-state index in [-0.39, 0.29) is 35.4 Å². The monoisotopic (exact) mass is 430 g/mol. The molecule has 10 heteroatoms. The van der Waals surface area contributed by atoms with Crippen molar-refractivity contribution in [1.29, 1.82) is 0 Å². The molecule has 1 aromatic carbocycles. The maximum atomic E-state index is 14.1. The minimum Gasteiger partial charge on any atom is -0.446 e. The minimum absolute atomic E-state index is 0.0190. The Kier molecular flexibility index (Phi) is 5.53. The van der Waals surface area contributed by atoms with Gasteiger partial charge in [-0.1, -0.05) is 19.0 Å². The Balaban J connectivity index is 1.63. The molecular formula is C21H20F2N4O4. The average Bonchev–Trinajstić information content (AvgIpc) is 3.40. The molecule has 0 spiro atoms. The van der Waals surface area contributed by atoms with Crippen LogP contribution in [0.1, 0.15) is 42.6 Å². The summed E-state index contributed by atoms with van der Waals surface area (Å²) in [7, 11) is 0. The summed E-state index contributed by atoms with van der Waals surface area (Å²) in [6.45, 7) is 4.04. The number of benzene rings is 1. The number of nitrogens with one attached hydrogen (secondary N) is 1. The molecule has 31 heavy (non-hydrogen) atoms. The van der Waals surface area contributed by atoms with Crippen molar-refractivity contribution in [2.75, 3.05) is 6.54 Å². The van der Waals surface area contributed by atoms with Gasteiger partial charge in [-0.25, -0.2) is 13.8 Å². The SMILES string of the molecule is CC(C)CC1C(=O)NC(c2cnco2)CN1C(=O)c1cc(-c2ccc(F)cc2F)on1. The van der Waals surface area contributed by atoms with Crippen LogP contribution in [0.4, 0.5) is 8.78 Å². The Hall–Kier alpha value is -3.56. The summed E-state index contributed by atoms with van der Waals surface area (Å²) in [5.74, 6) is -1.88. The van der Waals surface area contributed by atoms with Crippen LogP contribution >= 0.6 is 0 Å². The highest BCUT2D eigenvalue weighted by Crippen LogP contribution is 2.28. The van der Waals surface area contributed by atoms with E-state index in [1.54, 1.807) is 0 Å². The fraction of sp³-hybridized carbons (Fsp3) is 0.333. The molecule has 2 unspecified atom stereocenters. The van der Waals surface area contributed by atoms with E-state index in [0.29, 0.717) is 12.2 Å². The number of rotatable bonds is 5. The number of aromatic nitrogens is 2. The summed E-state index contributed by atoms with van der Waals surface area (Å²) in [4.78, 5) is 31.3. The van der Waals surface area contributed by atoms with Gasteiger partial charge in [0.1, 0.15) is 29.5 Å². The molecule has 0 saturated carbocycles. The predicted molar refractivity (Wildman–Crippen MR) is 104 cm³/mol. The summed E-state index contributed by atoms with van der Waals surface area (Å²) in [6, 6.07) is 3.00. The number of piperazine rings is 1. The first-order valence-corrected chi connectivity index (χ1v) is 9.75. The lowest BCUT2D eigenvalue weighted by molar-refractivity contribution is -0.130. The summed E-state index contributed by atoms with van der Waals surface area (Å²) >= 11 is 0. The molecule has 0 radical (unpaired) electrons. The lowest BCUT2D eigenvalue weighted by atomic mass is 9.97. The van der Waals surface area contributed by atoms with Gasteiger partial charge in [0.25, 0.3) is 5.91 Å². The third-order valence-electron chi connectivity index (χ3n) is 5.05. The van der Waals surface area contributed by atoms with Crippen LogP contribution < -0.4 is 5.32 Å². The lowest BCUT2D eigenvalue weighted by Gasteiger charge is -2.38. The van der Waals surface area contributed by atoms with Crippen molar-refractivity contribution in [3.8, 4) is 11.3 Å². The van der Waals surface area contributed by atoms with E-state index in [0.717, 1.165) is 12.1 Å². The van der Waals surface area contributed by atoms with Crippen LogP contribution in [0.15, 0.2) is 45.8 Å². The van der Waals surface area contributed by atoms with Gasteiger partial charge in [0.15, 0.2) is 17.8 Å². The van der Waals surface area contributed by atoms with E-state index >= 15 is 0 Å². The van der Waals surface area contributed by atoms with Crippen molar-refractivity contribution in [1.82, 2.24) is 20.4 Å². The van der Waals surface area contributed by atoms with E-state index in [4.69, 9.17) is 8.94 Å². The third-order valence-corrected chi connectivity index (χ3v) is 5.05. The molecule has 2 aromatic heterocycles. The summed E-state index contributed by atoms with van der Waals surface area (Å²) in [6.07, 6.45) is 3.16. The van der Waals surface area contributed by atoms with Gasteiger partial charge < -0.3 is 19.2 Å². The van der Waals surface area contributed by atoms with E-state index < -0.39 is 29.6 Å². The topological polar surface area (TPSA) is 101 Å². The Bertz CT molecular complexity index is 1100. The summed E-state index contributed by atoms with van der Waals surface area (Å²) in [5, 5.41) is 6.62. The molecule has 3 heterocycles. The van der Waals surface area contributed by atoms with Gasteiger partial charge in [0.2, 0.25) is 5.91 Å². The molecule has 3 aromatic rings. The second-order valence-electron chi connectivity index (χ2n) is 7.77. The van der Waals surface area contributed by atoms with Crippen molar-refractivity contribution in [2.45, 2.75) is 32.4 Å². The number of nitrogens with zero attached hydrogens (tertiary/aromatic N) is 3. The van der Waals surface area contributed by atoms with E-state index in [2.05, 4.69) is 15.5 Å². The number of halogens is 2. The smallest absolute Gasteiger partial charge is 0.276 e. The second kappa shape index (κ2) is 8.29. The lowest BCUT2D eigenvalue weighted by Crippen LogP contribution is -2.58. The van der Waals surface area contributed by atoms with Gasteiger partial charge >= 0.3 is 0 Å². The fourth-order valence-electron chi connectivity index (χ4n) is 3.58. The van der Waals surface area contributed by atoms with Crippen molar-refractivity contribution < 1.29 is 27.3 Å². The van der Waals surface area contributed by atoms with Crippen LogP contribution in [0.5, 0.6) is 0 Å². The molecule has 4 rings (SSSR count). The molecule has 2 atom stereocenters. The van der Waals surface area contributed by atoms with Crippen LogP contribution in [-0.4, -0.2) is 39.4 Å².